The van der Waals surface area contributed by atoms with Crippen LogP contribution in [-0.2, 0) is 14.3 Å². The summed E-state index contributed by atoms with van der Waals surface area (Å²) in [6.45, 7) is 4.46. The van der Waals surface area contributed by atoms with E-state index in [2.05, 4.69) is 24.1 Å². The Balaban J connectivity index is 4.02. The van der Waals surface area contributed by atoms with Gasteiger partial charge in [-0.3, -0.25) is 9.79 Å². The molecule has 0 fully saturated rings. The van der Waals surface area contributed by atoms with Crippen LogP contribution >= 0.6 is 0 Å². The van der Waals surface area contributed by atoms with Crippen molar-refractivity contribution in [2.24, 2.45) is 22.2 Å². The van der Waals surface area contributed by atoms with Crippen molar-refractivity contribution in [3.8, 4) is 0 Å². The summed E-state index contributed by atoms with van der Waals surface area (Å²) >= 11 is 0. The van der Waals surface area contributed by atoms with Gasteiger partial charge in [-0.1, -0.05) is 70.4 Å². The highest BCUT2D eigenvalue weighted by atomic mass is 16.5. The number of carbonyl (C=O) groups is 2. The van der Waals surface area contributed by atoms with Crippen LogP contribution in [0.5, 0.6) is 0 Å². The number of hydrogen-bond acceptors (Lipinski definition) is 5. The SMILES string of the molecule is CCCCCCCCC=CCCCCCCCC(=O)[C@](N)(CCCN=C(N)N)C(=O)OCC. The minimum absolute atomic E-state index is 0.0200. The van der Waals surface area contributed by atoms with Crippen LogP contribution in [0.1, 0.15) is 117 Å². The van der Waals surface area contributed by atoms with E-state index >= 15 is 0 Å². The standard InChI is InChI=1S/C26H50N4O3/c1-3-5-6-7-8-9-10-11-12-13-14-15-16-17-18-20-23(31)26(29,24(32)33-4-2)21-19-22-30-25(27)28/h11-12H,3-10,13-22,29H2,1-2H3,(H4,27,28,30)/t26-/m1/s1. The average Bonchev–Trinajstić information content (AvgIpc) is 2.79. The van der Waals surface area contributed by atoms with Crippen molar-refractivity contribution < 1.29 is 14.3 Å². The van der Waals surface area contributed by atoms with Gasteiger partial charge in [0.05, 0.1) is 6.61 Å². The van der Waals surface area contributed by atoms with Crippen molar-refractivity contribution in [3.63, 3.8) is 0 Å². The van der Waals surface area contributed by atoms with E-state index in [-0.39, 0.29) is 31.2 Å². The van der Waals surface area contributed by atoms with Crippen LogP contribution in [0, 0.1) is 0 Å². The van der Waals surface area contributed by atoms with Gasteiger partial charge in [0, 0.05) is 13.0 Å². The molecule has 0 rings (SSSR count). The molecule has 0 saturated heterocycles. The molecule has 0 aliphatic heterocycles. The molecule has 0 spiro atoms. The minimum atomic E-state index is -1.62. The lowest BCUT2D eigenvalue weighted by atomic mass is 9.86. The number of aliphatic imine (C=N–C) groups is 1. The number of guanidine groups is 1. The van der Waals surface area contributed by atoms with Crippen LogP contribution in [0.15, 0.2) is 17.1 Å². The van der Waals surface area contributed by atoms with Gasteiger partial charge in [-0.15, -0.1) is 0 Å². The lowest BCUT2D eigenvalue weighted by Crippen LogP contribution is -2.55. The van der Waals surface area contributed by atoms with Gasteiger partial charge in [-0.2, -0.15) is 0 Å². The maximum atomic E-state index is 12.7. The second-order valence-corrected chi connectivity index (χ2v) is 8.86. The summed E-state index contributed by atoms with van der Waals surface area (Å²) in [7, 11) is 0. The molecule has 0 aromatic heterocycles. The van der Waals surface area contributed by atoms with Crippen molar-refractivity contribution in [3.05, 3.63) is 12.2 Å². The van der Waals surface area contributed by atoms with E-state index in [0.29, 0.717) is 13.0 Å². The maximum Gasteiger partial charge on any atom is 0.333 e. The molecule has 0 bridgehead atoms. The van der Waals surface area contributed by atoms with Crippen molar-refractivity contribution in [2.75, 3.05) is 13.2 Å². The molecule has 33 heavy (non-hydrogen) atoms. The molecule has 0 radical (unpaired) electrons. The summed E-state index contributed by atoms with van der Waals surface area (Å²) in [5, 5.41) is 0. The van der Waals surface area contributed by atoms with Gasteiger partial charge in [-0.05, 0) is 51.9 Å². The highest BCUT2D eigenvalue weighted by Crippen LogP contribution is 2.19. The molecule has 0 aliphatic rings. The van der Waals surface area contributed by atoms with Crippen LogP contribution in [0.3, 0.4) is 0 Å². The fourth-order valence-electron chi connectivity index (χ4n) is 3.76. The number of hydrogen-bond donors (Lipinski definition) is 3. The third-order valence-corrected chi connectivity index (χ3v) is 5.83. The number of ketones is 1. The normalized spacial score (nSPS) is 13.1. The summed E-state index contributed by atoms with van der Waals surface area (Å²) < 4.78 is 5.06. The smallest absolute Gasteiger partial charge is 0.333 e. The van der Waals surface area contributed by atoms with E-state index in [9.17, 15) is 9.59 Å². The molecule has 0 saturated carbocycles. The van der Waals surface area contributed by atoms with Crippen LogP contribution in [0.25, 0.3) is 0 Å². The molecule has 7 nitrogen and oxygen atoms in total. The number of unbranched alkanes of at least 4 members (excludes halogenated alkanes) is 11. The second-order valence-electron chi connectivity index (χ2n) is 8.86. The molecule has 0 heterocycles. The number of nitrogens with zero attached hydrogens (tertiary/aromatic N) is 1. The zero-order chi connectivity index (χ0) is 24.8. The summed E-state index contributed by atoms with van der Waals surface area (Å²) in [6.07, 6.45) is 21.0. The zero-order valence-corrected chi connectivity index (χ0v) is 21.3. The van der Waals surface area contributed by atoms with Crippen LogP contribution < -0.4 is 17.2 Å². The Kier molecular flexibility index (Phi) is 19.5. The van der Waals surface area contributed by atoms with Gasteiger partial charge in [0.1, 0.15) is 0 Å². The monoisotopic (exact) mass is 466 g/mol. The van der Waals surface area contributed by atoms with E-state index in [4.69, 9.17) is 21.9 Å². The van der Waals surface area contributed by atoms with Crippen molar-refractivity contribution in [1.82, 2.24) is 0 Å². The van der Waals surface area contributed by atoms with Gasteiger partial charge in [-0.25, -0.2) is 4.79 Å². The Bertz CT molecular complexity index is 574. The molecule has 0 aromatic rings. The van der Waals surface area contributed by atoms with Crippen LogP contribution in [0.4, 0.5) is 0 Å². The van der Waals surface area contributed by atoms with Gasteiger partial charge in [0.15, 0.2) is 17.3 Å². The third kappa shape index (κ3) is 16.4. The quantitative estimate of drug-likeness (QED) is 0.0518. The Morgan fingerprint density at radius 1 is 0.818 bits per heavy atom. The number of carbonyl (C=O) groups excluding carboxylic acids is 2. The van der Waals surface area contributed by atoms with Gasteiger partial charge in [0.25, 0.3) is 0 Å². The number of esters is 1. The zero-order valence-electron chi connectivity index (χ0n) is 21.3. The largest absolute Gasteiger partial charge is 0.464 e. The first-order chi connectivity index (χ1) is 15.9. The van der Waals surface area contributed by atoms with E-state index in [1.165, 1.54) is 51.4 Å². The molecular weight excluding hydrogens is 416 g/mol. The molecule has 7 heteroatoms. The maximum absolute atomic E-state index is 12.7. The fourth-order valence-corrected chi connectivity index (χ4v) is 3.76. The molecular formula is C26H50N4O3. The highest BCUT2D eigenvalue weighted by molar-refractivity contribution is 6.08. The predicted molar refractivity (Wildman–Crippen MR) is 138 cm³/mol. The first-order valence-electron chi connectivity index (χ1n) is 13.1. The molecule has 0 unspecified atom stereocenters. The summed E-state index contributed by atoms with van der Waals surface area (Å²) in [6, 6.07) is 0. The predicted octanol–water partition coefficient (Wildman–Crippen LogP) is 4.91. The fraction of sp³-hybridized carbons (Fsp3) is 0.808. The molecule has 0 aliphatic carbocycles. The summed E-state index contributed by atoms with van der Waals surface area (Å²) in [4.78, 5) is 28.9. The van der Waals surface area contributed by atoms with Crippen LogP contribution in [0.2, 0.25) is 0 Å². The van der Waals surface area contributed by atoms with Crippen molar-refractivity contribution in [1.29, 1.82) is 0 Å². The molecule has 6 N–H and O–H groups in total. The average molecular weight is 467 g/mol. The van der Waals surface area contributed by atoms with Crippen molar-refractivity contribution in [2.45, 2.75) is 122 Å². The lowest BCUT2D eigenvalue weighted by molar-refractivity contribution is -0.154. The molecule has 192 valence electrons. The summed E-state index contributed by atoms with van der Waals surface area (Å²) in [5.74, 6) is -0.941. The molecule has 1 atom stereocenters. The molecule has 0 aromatic carbocycles. The number of Topliss-reactive ketones (excluding diaryl/α,β-unsaturated/α-hetero) is 1. The Morgan fingerprint density at radius 3 is 1.91 bits per heavy atom. The van der Waals surface area contributed by atoms with Gasteiger partial charge in [0.2, 0.25) is 0 Å². The van der Waals surface area contributed by atoms with E-state index < -0.39 is 11.5 Å². The highest BCUT2D eigenvalue weighted by Gasteiger charge is 2.41. The lowest BCUT2D eigenvalue weighted by Gasteiger charge is -2.25. The molecule has 0 amide bonds. The third-order valence-electron chi connectivity index (χ3n) is 5.83. The first-order valence-corrected chi connectivity index (χ1v) is 13.1. The number of rotatable bonds is 22. The van der Waals surface area contributed by atoms with Crippen molar-refractivity contribution >= 4 is 17.7 Å². The number of nitrogens with two attached hydrogens (primary N) is 3. The number of ether oxygens (including phenoxy) is 1. The van der Waals surface area contributed by atoms with Gasteiger partial charge < -0.3 is 21.9 Å². The second kappa shape index (κ2) is 20.7. The van der Waals surface area contributed by atoms with Gasteiger partial charge >= 0.3 is 5.97 Å². The Labute approximate surface area is 202 Å². The summed E-state index contributed by atoms with van der Waals surface area (Å²) in [5.41, 5.74) is 15.2. The first kappa shape index (κ1) is 31.1. The van der Waals surface area contributed by atoms with E-state index in [0.717, 1.165) is 32.1 Å². The number of allylic oxidation sites excluding steroid dienone is 2. The van der Waals surface area contributed by atoms with E-state index in [1.54, 1.807) is 6.92 Å². The van der Waals surface area contributed by atoms with Crippen LogP contribution in [-0.4, -0.2) is 36.4 Å². The Morgan fingerprint density at radius 2 is 1.36 bits per heavy atom. The van der Waals surface area contributed by atoms with E-state index in [1.807, 2.05) is 0 Å². The topological polar surface area (TPSA) is 134 Å². The Hall–Kier alpha value is -1.89. The minimum Gasteiger partial charge on any atom is -0.464 e.